The average molecular weight is 319 g/mol. The maximum atomic E-state index is 12.1. The fraction of sp³-hybridized carbons (Fsp3) is 0.278. The summed E-state index contributed by atoms with van der Waals surface area (Å²) >= 11 is 0. The van der Waals surface area contributed by atoms with Gasteiger partial charge in [0.15, 0.2) is 0 Å². The Labute approximate surface area is 134 Å². The molecule has 122 valence electrons. The number of hydrogen-bond acceptors (Lipinski definition) is 2. The van der Waals surface area contributed by atoms with Gasteiger partial charge < -0.3 is 10.1 Å². The Morgan fingerprint density at radius 1 is 1.09 bits per heavy atom. The number of alkyl halides is 2. The first-order valence-electron chi connectivity index (χ1n) is 7.40. The Kier molecular flexibility index (Phi) is 6.09. The Morgan fingerprint density at radius 3 is 2.35 bits per heavy atom. The van der Waals surface area contributed by atoms with Gasteiger partial charge in [-0.3, -0.25) is 4.79 Å². The quantitative estimate of drug-likeness (QED) is 0.834. The van der Waals surface area contributed by atoms with E-state index in [1.807, 2.05) is 37.3 Å². The fourth-order valence-electron chi connectivity index (χ4n) is 2.24. The maximum absolute atomic E-state index is 12.1. The lowest BCUT2D eigenvalue weighted by atomic mass is 9.97. The highest BCUT2D eigenvalue weighted by molar-refractivity contribution is 5.76. The molecule has 23 heavy (non-hydrogen) atoms. The lowest BCUT2D eigenvalue weighted by Crippen LogP contribution is -2.24. The van der Waals surface area contributed by atoms with E-state index in [2.05, 4.69) is 10.1 Å². The highest BCUT2D eigenvalue weighted by atomic mass is 19.3. The van der Waals surface area contributed by atoms with E-state index < -0.39 is 6.61 Å². The van der Waals surface area contributed by atoms with Crippen LogP contribution in [0.4, 0.5) is 8.78 Å². The molecule has 5 heteroatoms. The lowest BCUT2D eigenvalue weighted by Gasteiger charge is -2.12. The van der Waals surface area contributed by atoms with E-state index >= 15 is 0 Å². The molecular formula is C18H19F2NO2. The Balaban J connectivity index is 1.80. The van der Waals surface area contributed by atoms with E-state index in [0.717, 1.165) is 11.1 Å². The molecule has 0 spiro atoms. The van der Waals surface area contributed by atoms with Crippen LogP contribution >= 0.6 is 0 Å². The van der Waals surface area contributed by atoms with Gasteiger partial charge in [-0.25, -0.2) is 0 Å². The molecule has 2 rings (SSSR count). The average Bonchev–Trinajstić information content (AvgIpc) is 2.54. The molecule has 1 atom stereocenters. The summed E-state index contributed by atoms with van der Waals surface area (Å²) in [7, 11) is 0. The third-order valence-electron chi connectivity index (χ3n) is 3.50. The summed E-state index contributed by atoms with van der Waals surface area (Å²) in [6.07, 6.45) is 0.399. The summed E-state index contributed by atoms with van der Waals surface area (Å²) in [5, 5.41) is 2.83. The molecule has 0 aliphatic heterocycles. The maximum Gasteiger partial charge on any atom is 0.387 e. The first-order valence-corrected chi connectivity index (χ1v) is 7.40. The van der Waals surface area contributed by atoms with E-state index in [4.69, 9.17) is 0 Å². The summed E-state index contributed by atoms with van der Waals surface area (Å²) in [4.78, 5) is 12.0. The molecule has 1 N–H and O–H groups in total. The molecule has 0 aromatic heterocycles. The van der Waals surface area contributed by atoms with Crippen LogP contribution in [0.15, 0.2) is 54.6 Å². The number of hydrogen-bond donors (Lipinski definition) is 1. The van der Waals surface area contributed by atoms with Crippen LogP contribution in [0.1, 0.15) is 30.4 Å². The summed E-state index contributed by atoms with van der Waals surface area (Å²) in [6, 6.07) is 16.1. The Morgan fingerprint density at radius 2 is 1.74 bits per heavy atom. The fourth-order valence-corrected chi connectivity index (χ4v) is 2.24. The van der Waals surface area contributed by atoms with Gasteiger partial charge in [0.2, 0.25) is 5.91 Å². The first-order chi connectivity index (χ1) is 11.0. The molecule has 0 aliphatic carbocycles. The van der Waals surface area contributed by atoms with Crippen LogP contribution in [-0.2, 0) is 11.3 Å². The van der Waals surface area contributed by atoms with Crippen molar-refractivity contribution in [3.63, 3.8) is 0 Å². The van der Waals surface area contributed by atoms with Gasteiger partial charge in [0.25, 0.3) is 0 Å². The summed E-state index contributed by atoms with van der Waals surface area (Å²) in [5.74, 6) is 0.194. The van der Waals surface area contributed by atoms with Gasteiger partial charge in [-0.05, 0) is 29.2 Å². The van der Waals surface area contributed by atoms with E-state index in [1.54, 1.807) is 12.1 Å². The zero-order valence-corrected chi connectivity index (χ0v) is 12.8. The van der Waals surface area contributed by atoms with Crippen molar-refractivity contribution in [3.05, 3.63) is 65.7 Å². The second kappa shape index (κ2) is 8.27. The zero-order valence-electron chi connectivity index (χ0n) is 12.8. The van der Waals surface area contributed by atoms with Crippen LogP contribution in [-0.4, -0.2) is 12.5 Å². The number of carbonyl (C=O) groups excluding carboxylic acids is 1. The number of carbonyl (C=O) groups is 1. The standard InChI is InChI=1S/C18H19F2NO2/c1-13(15-5-3-2-4-6-15)11-17(22)21-12-14-7-9-16(10-8-14)23-18(19)20/h2-10,13,18H,11-12H2,1H3,(H,21,22). The molecule has 0 radical (unpaired) electrons. The van der Waals surface area contributed by atoms with E-state index in [-0.39, 0.29) is 17.6 Å². The molecule has 1 unspecified atom stereocenters. The van der Waals surface area contributed by atoms with Gasteiger partial charge in [0.1, 0.15) is 5.75 Å². The molecule has 0 saturated heterocycles. The largest absolute Gasteiger partial charge is 0.435 e. The smallest absolute Gasteiger partial charge is 0.387 e. The van der Waals surface area contributed by atoms with Crippen molar-refractivity contribution in [2.45, 2.75) is 32.4 Å². The highest BCUT2D eigenvalue weighted by Gasteiger charge is 2.11. The number of halogens is 2. The molecule has 2 aromatic rings. The predicted octanol–water partition coefficient (Wildman–Crippen LogP) is 4.10. The van der Waals surface area contributed by atoms with Crippen molar-refractivity contribution in [2.24, 2.45) is 0 Å². The topological polar surface area (TPSA) is 38.3 Å². The highest BCUT2D eigenvalue weighted by Crippen LogP contribution is 2.18. The van der Waals surface area contributed by atoms with Gasteiger partial charge in [-0.1, -0.05) is 49.4 Å². The van der Waals surface area contributed by atoms with Crippen molar-refractivity contribution in [1.82, 2.24) is 5.32 Å². The molecule has 0 aliphatic rings. The van der Waals surface area contributed by atoms with Crippen LogP contribution in [0.2, 0.25) is 0 Å². The molecule has 1 amide bonds. The third-order valence-corrected chi connectivity index (χ3v) is 3.50. The van der Waals surface area contributed by atoms with Gasteiger partial charge in [-0.15, -0.1) is 0 Å². The molecular weight excluding hydrogens is 300 g/mol. The number of amides is 1. The van der Waals surface area contributed by atoms with Gasteiger partial charge in [0, 0.05) is 13.0 Å². The molecule has 0 fully saturated rings. The van der Waals surface area contributed by atoms with Crippen molar-refractivity contribution >= 4 is 5.91 Å². The van der Waals surface area contributed by atoms with Crippen LogP contribution < -0.4 is 10.1 Å². The van der Waals surface area contributed by atoms with Gasteiger partial charge in [-0.2, -0.15) is 8.78 Å². The van der Waals surface area contributed by atoms with Gasteiger partial charge in [0.05, 0.1) is 0 Å². The molecule has 3 nitrogen and oxygen atoms in total. The number of benzene rings is 2. The monoisotopic (exact) mass is 319 g/mol. The van der Waals surface area contributed by atoms with E-state index in [1.165, 1.54) is 12.1 Å². The molecule has 0 bridgehead atoms. The zero-order chi connectivity index (χ0) is 16.7. The lowest BCUT2D eigenvalue weighted by molar-refractivity contribution is -0.121. The van der Waals surface area contributed by atoms with Crippen molar-refractivity contribution in [3.8, 4) is 5.75 Å². The van der Waals surface area contributed by atoms with Crippen molar-refractivity contribution in [1.29, 1.82) is 0 Å². The minimum absolute atomic E-state index is 0.0470. The third kappa shape index (κ3) is 5.70. The minimum Gasteiger partial charge on any atom is -0.435 e. The predicted molar refractivity (Wildman–Crippen MR) is 84.4 cm³/mol. The number of nitrogens with one attached hydrogen (secondary N) is 1. The summed E-state index contributed by atoms with van der Waals surface area (Å²) in [5.41, 5.74) is 1.95. The Hall–Kier alpha value is -2.43. The molecule has 2 aromatic carbocycles. The summed E-state index contributed by atoms with van der Waals surface area (Å²) < 4.78 is 28.4. The first kappa shape index (κ1) is 16.9. The number of rotatable bonds is 7. The normalized spacial score (nSPS) is 12.0. The summed E-state index contributed by atoms with van der Waals surface area (Å²) in [6.45, 7) is -0.472. The Bertz CT molecular complexity index is 615. The van der Waals surface area contributed by atoms with Crippen LogP contribution in [0, 0.1) is 0 Å². The van der Waals surface area contributed by atoms with E-state index in [0.29, 0.717) is 13.0 Å². The van der Waals surface area contributed by atoms with Gasteiger partial charge >= 0.3 is 6.61 Å². The second-order valence-corrected chi connectivity index (χ2v) is 5.32. The minimum atomic E-state index is -2.83. The molecule has 0 saturated carbocycles. The number of ether oxygens (including phenoxy) is 1. The van der Waals surface area contributed by atoms with Crippen LogP contribution in [0.3, 0.4) is 0 Å². The van der Waals surface area contributed by atoms with Crippen molar-refractivity contribution < 1.29 is 18.3 Å². The van der Waals surface area contributed by atoms with E-state index in [9.17, 15) is 13.6 Å². The van der Waals surface area contributed by atoms with Crippen molar-refractivity contribution in [2.75, 3.05) is 0 Å². The van der Waals surface area contributed by atoms with Crippen LogP contribution in [0.5, 0.6) is 5.75 Å². The van der Waals surface area contributed by atoms with Crippen LogP contribution in [0.25, 0.3) is 0 Å². The second-order valence-electron chi connectivity index (χ2n) is 5.32. The molecule has 0 heterocycles. The SMILES string of the molecule is CC(CC(=O)NCc1ccc(OC(F)F)cc1)c1ccccc1.